The highest BCUT2D eigenvalue weighted by atomic mass is 32.1. The average Bonchev–Trinajstić information content (AvgIpc) is 3.17. The van der Waals surface area contributed by atoms with Crippen molar-refractivity contribution in [1.82, 2.24) is 4.98 Å². The molecule has 0 atom stereocenters. The van der Waals surface area contributed by atoms with Crippen LogP contribution in [-0.4, -0.2) is 13.1 Å². The van der Waals surface area contributed by atoms with Gasteiger partial charge in [-0.05, 0) is 39.9 Å². The molecule has 2 aromatic heterocycles. The predicted molar refractivity (Wildman–Crippen MR) is 145 cm³/mol. The summed E-state index contributed by atoms with van der Waals surface area (Å²) in [5.41, 5.74) is 6.36. The van der Waals surface area contributed by atoms with E-state index in [0.29, 0.717) is 5.92 Å². The maximum Gasteiger partial charge on any atom is 0.0802 e. The summed E-state index contributed by atoms with van der Waals surface area (Å²) in [5, 5.41) is 4.29. The fourth-order valence-corrected chi connectivity index (χ4v) is 8.82. The summed E-state index contributed by atoms with van der Waals surface area (Å²) in [6, 6.07) is 26.6. The van der Waals surface area contributed by atoms with Crippen LogP contribution in [0.1, 0.15) is 25.3 Å². The molecular weight excluding hydrogens is 422 g/mol. The number of thiophene rings is 1. The number of fused-ring (bicyclic) bond motifs is 3. The molecule has 0 unspecified atom stereocenters. The molecular formula is C29H29NSSi. The van der Waals surface area contributed by atoms with E-state index < -0.39 is 8.07 Å². The maximum absolute atomic E-state index is 4.76. The average molecular weight is 452 g/mol. The second kappa shape index (κ2) is 7.98. The Morgan fingerprint density at radius 1 is 0.750 bits per heavy atom. The molecule has 32 heavy (non-hydrogen) atoms. The Balaban J connectivity index is 1.83. The molecule has 0 saturated heterocycles. The highest BCUT2D eigenvalue weighted by Gasteiger charge is 2.26. The quantitative estimate of drug-likeness (QED) is 0.250. The zero-order valence-corrected chi connectivity index (χ0v) is 21.3. The number of hydrogen-bond donors (Lipinski definition) is 0. The molecule has 0 N–H and O–H groups in total. The molecule has 0 saturated carbocycles. The van der Waals surface area contributed by atoms with Crippen LogP contribution in [0.4, 0.5) is 0 Å². The lowest BCUT2D eigenvalue weighted by molar-refractivity contribution is 0.864. The van der Waals surface area contributed by atoms with E-state index in [1.54, 1.807) is 5.19 Å². The van der Waals surface area contributed by atoms with Crippen molar-refractivity contribution >= 4 is 44.8 Å². The normalized spacial score (nSPS) is 12.2. The summed E-state index contributed by atoms with van der Waals surface area (Å²) in [7, 11) is -1.61. The first-order valence-corrected chi connectivity index (χ1v) is 15.7. The van der Waals surface area contributed by atoms with Gasteiger partial charge in [-0.25, -0.2) is 0 Å². The lowest BCUT2D eigenvalue weighted by Crippen LogP contribution is -2.39. The minimum absolute atomic E-state index is 0.491. The molecule has 160 valence electrons. The van der Waals surface area contributed by atoms with Gasteiger partial charge in [0.2, 0.25) is 0 Å². The largest absolute Gasteiger partial charge is 0.256 e. The summed E-state index contributed by atoms with van der Waals surface area (Å²) in [4.78, 5) is 4.76. The van der Waals surface area contributed by atoms with E-state index in [4.69, 9.17) is 4.98 Å². The van der Waals surface area contributed by atoms with Crippen molar-refractivity contribution in [3.8, 4) is 22.4 Å². The summed E-state index contributed by atoms with van der Waals surface area (Å²) in [6.45, 7) is 11.9. The highest BCUT2D eigenvalue weighted by Crippen LogP contribution is 2.41. The van der Waals surface area contributed by atoms with Gasteiger partial charge in [-0.15, -0.1) is 11.3 Å². The molecule has 0 radical (unpaired) electrons. The number of hydrogen-bond acceptors (Lipinski definition) is 2. The molecule has 3 heteroatoms. The first-order chi connectivity index (χ1) is 15.3. The molecule has 0 aliphatic heterocycles. The van der Waals surface area contributed by atoms with E-state index in [2.05, 4.69) is 106 Å². The van der Waals surface area contributed by atoms with Crippen LogP contribution >= 0.6 is 11.3 Å². The van der Waals surface area contributed by atoms with Crippen LogP contribution in [0.5, 0.6) is 0 Å². The molecule has 0 amide bonds. The van der Waals surface area contributed by atoms with Gasteiger partial charge in [0.25, 0.3) is 0 Å². The fraction of sp³-hybridized carbons (Fsp3) is 0.207. The van der Waals surface area contributed by atoms with Gasteiger partial charge in [0.05, 0.1) is 13.8 Å². The number of benzene rings is 3. The minimum Gasteiger partial charge on any atom is -0.256 e. The second-order valence-corrected chi connectivity index (χ2v) is 15.9. The number of pyridine rings is 1. The van der Waals surface area contributed by atoms with Gasteiger partial charge in [0, 0.05) is 31.9 Å². The number of rotatable bonds is 4. The van der Waals surface area contributed by atoms with E-state index in [-0.39, 0.29) is 0 Å². The van der Waals surface area contributed by atoms with Crippen LogP contribution in [-0.2, 0) is 0 Å². The monoisotopic (exact) mass is 451 g/mol. The molecule has 0 spiro atoms. The molecule has 2 heterocycles. The van der Waals surface area contributed by atoms with E-state index in [0.717, 1.165) is 5.69 Å². The van der Waals surface area contributed by atoms with Crippen LogP contribution in [0.3, 0.4) is 0 Å². The van der Waals surface area contributed by atoms with Gasteiger partial charge >= 0.3 is 0 Å². The summed E-state index contributed by atoms with van der Waals surface area (Å²) >= 11 is 1.95. The van der Waals surface area contributed by atoms with Crippen molar-refractivity contribution in [3.05, 3.63) is 84.6 Å². The summed E-state index contributed by atoms with van der Waals surface area (Å²) in [6.07, 6.45) is 1.96. The van der Waals surface area contributed by atoms with Crippen molar-refractivity contribution < 1.29 is 0 Å². The third kappa shape index (κ3) is 3.60. The van der Waals surface area contributed by atoms with Crippen LogP contribution in [0.15, 0.2) is 79.0 Å². The van der Waals surface area contributed by atoms with Gasteiger partial charge < -0.3 is 0 Å². The predicted octanol–water partition coefficient (Wildman–Crippen LogP) is 8.45. The van der Waals surface area contributed by atoms with Gasteiger partial charge in [0.15, 0.2) is 0 Å². The van der Waals surface area contributed by atoms with Gasteiger partial charge in [-0.3, -0.25) is 4.98 Å². The number of nitrogens with zero attached hydrogens (tertiary/aromatic N) is 1. The molecule has 3 aromatic carbocycles. The topological polar surface area (TPSA) is 12.9 Å². The summed E-state index contributed by atoms with van der Waals surface area (Å²) < 4.78 is 2.80. The second-order valence-electron chi connectivity index (χ2n) is 9.89. The van der Waals surface area contributed by atoms with Crippen molar-refractivity contribution in [1.29, 1.82) is 0 Å². The Bertz CT molecular complexity index is 1420. The third-order valence-electron chi connectivity index (χ3n) is 6.23. The Morgan fingerprint density at radius 3 is 2.22 bits per heavy atom. The van der Waals surface area contributed by atoms with Crippen molar-refractivity contribution in [2.45, 2.75) is 39.4 Å². The minimum atomic E-state index is -1.61. The van der Waals surface area contributed by atoms with Gasteiger partial charge in [0.1, 0.15) is 0 Å². The Kier molecular flexibility index (Phi) is 5.27. The van der Waals surface area contributed by atoms with Crippen LogP contribution in [0, 0.1) is 0 Å². The summed E-state index contributed by atoms with van der Waals surface area (Å²) in [5.74, 6) is 0.491. The van der Waals surface area contributed by atoms with Crippen molar-refractivity contribution in [2.75, 3.05) is 0 Å². The molecule has 0 aliphatic carbocycles. The zero-order chi connectivity index (χ0) is 22.5. The molecule has 5 aromatic rings. The van der Waals surface area contributed by atoms with Crippen LogP contribution in [0.2, 0.25) is 19.6 Å². The van der Waals surface area contributed by atoms with Gasteiger partial charge in [-0.1, -0.05) is 94.2 Å². The highest BCUT2D eigenvalue weighted by molar-refractivity contribution is 7.28. The number of aromatic nitrogens is 1. The van der Waals surface area contributed by atoms with E-state index in [1.165, 1.54) is 42.4 Å². The first kappa shape index (κ1) is 21.1. The molecule has 0 aliphatic rings. The first-order valence-electron chi connectivity index (χ1n) is 11.3. The van der Waals surface area contributed by atoms with Crippen LogP contribution < -0.4 is 5.19 Å². The molecule has 0 bridgehead atoms. The van der Waals surface area contributed by atoms with E-state index >= 15 is 0 Å². The molecule has 5 rings (SSSR count). The van der Waals surface area contributed by atoms with E-state index in [1.807, 2.05) is 17.5 Å². The zero-order valence-electron chi connectivity index (χ0n) is 19.4. The Labute approximate surface area is 195 Å². The molecule has 1 nitrogen and oxygen atoms in total. The lowest BCUT2D eigenvalue weighted by atomic mass is 10.00. The Hall–Kier alpha value is -2.75. The van der Waals surface area contributed by atoms with Crippen molar-refractivity contribution in [3.63, 3.8) is 0 Å². The van der Waals surface area contributed by atoms with Crippen LogP contribution in [0.25, 0.3) is 42.6 Å². The fourth-order valence-electron chi connectivity index (χ4n) is 4.62. The smallest absolute Gasteiger partial charge is 0.0802 e. The lowest BCUT2D eigenvalue weighted by Gasteiger charge is -2.22. The SMILES string of the molecule is CC(C)c1ccnc(-c2cccc3c2sc2c([Si](C)(C)C)c(-c4ccccc4)ccc23)c1. The van der Waals surface area contributed by atoms with Crippen molar-refractivity contribution in [2.24, 2.45) is 0 Å². The third-order valence-corrected chi connectivity index (χ3v) is 9.70. The molecule has 0 fully saturated rings. The van der Waals surface area contributed by atoms with Gasteiger partial charge in [-0.2, -0.15) is 0 Å². The Morgan fingerprint density at radius 2 is 1.50 bits per heavy atom. The van der Waals surface area contributed by atoms with E-state index in [9.17, 15) is 0 Å². The standard InChI is InChI=1S/C29H29NSSi/c1-19(2)21-16-17-30-26(18-21)25-13-9-12-23-24-15-14-22(20-10-7-6-8-11-20)29(32(3,4)5)28(24)31-27(23)25/h6-19H,1-5H3. The maximum atomic E-state index is 4.76.